The fourth-order valence-corrected chi connectivity index (χ4v) is 3.03. The molecule has 0 aliphatic carbocycles. The van der Waals surface area contributed by atoms with Crippen molar-refractivity contribution in [1.82, 2.24) is 14.0 Å². The monoisotopic (exact) mass is 346 g/mol. The molecule has 1 aromatic carbocycles. The van der Waals surface area contributed by atoms with E-state index in [0.717, 1.165) is 11.1 Å². The smallest absolute Gasteiger partial charge is 0.272 e. The van der Waals surface area contributed by atoms with Gasteiger partial charge < -0.3 is 9.88 Å². The maximum absolute atomic E-state index is 12.8. The van der Waals surface area contributed by atoms with Gasteiger partial charge in [0.25, 0.3) is 11.5 Å². The van der Waals surface area contributed by atoms with E-state index < -0.39 is 0 Å². The second-order valence-corrected chi connectivity index (χ2v) is 6.50. The Balaban J connectivity index is 1.83. The third-order valence-electron chi connectivity index (χ3n) is 4.49. The van der Waals surface area contributed by atoms with Crippen LogP contribution in [0.2, 0.25) is 0 Å². The van der Waals surface area contributed by atoms with Gasteiger partial charge in [-0.25, -0.2) is 4.98 Å². The summed E-state index contributed by atoms with van der Waals surface area (Å²) < 4.78 is 3.17. The lowest BCUT2D eigenvalue weighted by Crippen LogP contribution is -2.16. The van der Waals surface area contributed by atoms with Crippen molar-refractivity contribution in [2.24, 2.45) is 7.05 Å². The van der Waals surface area contributed by atoms with Gasteiger partial charge in [0.05, 0.1) is 5.39 Å². The van der Waals surface area contributed by atoms with Crippen LogP contribution in [0.4, 0.5) is 5.69 Å². The fraction of sp³-hybridized carbons (Fsp3) is 0.150. The Kier molecular flexibility index (Phi) is 3.61. The van der Waals surface area contributed by atoms with Crippen LogP contribution in [0.5, 0.6) is 0 Å². The van der Waals surface area contributed by atoms with E-state index >= 15 is 0 Å². The average molecular weight is 346 g/mol. The molecule has 0 bridgehead atoms. The van der Waals surface area contributed by atoms with E-state index in [0.29, 0.717) is 28.1 Å². The van der Waals surface area contributed by atoms with Crippen molar-refractivity contribution in [3.8, 4) is 0 Å². The number of rotatable bonds is 2. The molecule has 1 N–H and O–H groups in total. The molecule has 0 unspecified atom stereocenters. The Labute approximate surface area is 149 Å². The first-order valence-corrected chi connectivity index (χ1v) is 8.30. The molecule has 26 heavy (non-hydrogen) atoms. The minimum Gasteiger partial charge on any atom is -0.324 e. The molecule has 0 aliphatic rings. The number of fused-ring (bicyclic) bond motifs is 2. The maximum atomic E-state index is 12.8. The van der Waals surface area contributed by atoms with Gasteiger partial charge in [0.2, 0.25) is 0 Å². The van der Waals surface area contributed by atoms with E-state index in [-0.39, 0.29) is 11.5 Å². The Morgan fingerprint density at radius 1 is 1.04 bits per heavy atom. The van der Waals surface area contributed by atoms with E-state index in [9.17, 15) is 9.59 Å². The van der Waals surface area contributed by atoms with Crippen LogP contribution in [0.3, 0.4) is 0 Å². The lowest BCUT2D eigenvalue weighted by atomic mass is 10.2. The maximum Gasteiger partial charge on any atom is 0.272 e. The number of hydrogen-bond donors (Lipinski definition) is 1. The van der Waals surface area contributed by atoms with E-state index in [2.05, 4.69) is 10.3 Å². The van der Waals surface area contributed by atoms with Gasteiger partial charge in [0, 0.05) is 18.9 Å². The van der Waals surface area contributed by atoms with Crippen molar-refractivity contribution >= 4 is 28.3 Å². The summed E-state index contributed by atoms with van der Waals surface area (Å²) in [5.74, 6) is -0.279. The lowest BCUT2D eigenvalue weighted by molar-refractivity contribution is 0.101. The summed E-state index contributed by atoms with van der Waals surface area (Å²) in [6, 6.07) is 12.9. The van der Waals surface area contributed by atoms with Crippen molar-refractivity contribution in [3.63, 3.8) is 0 Å². The second kappa shape index (κ2) is 5.84. The number of aryl methyl sites for hydroxylation is 3. The molecule has 1 amide bonds. The summed E-state index contributed by atoms with van der Waals surface area (Å²) in [6.45, 7) is 3.91. The number of carbonyl (C=O) groups is 1. The Hall–Kier alpha value is -3.41. The van der Waals surface area contributed by atoms with Gasteiger partial charge in [0.1, 0.15) is 17.0 Å². The summed E-state index contributed by atoms with van der Waals surface area (Å²) in [7, 11) is 1.74. The standard InChI is InChI=1S/C20H18N4O2/c1-12-4-7-14(8-5-12)21-19(25)16-10-15-18(23(16)3)22-17-9-6-13(2)11-24(17)20(15)26/h4-11H,1-3H3,(H,21,25). The topological polar surface area (TPSA) is 68.4 Å². The number of benzene rings is 1. The molecule has 0 spiro atoms. The molecular formula is C20H18N4O2. The van der Waals surface area contributed by atoms with Gasteiger partial charge in [-0.3, -0.25) is 14.0 Å². The highest BCUT2D eigenvalue weighted by Gasteiger charge is 2.17. The van der Waals surface area contributed by atoms with E-state index in [1.165, 1.54) is 4.40 Å². The van der Waals surface area contributed by atoms with Crippen molar-refractivity contribution in [1.29, 1.82) is 0 Å². The lowest BCUT2D eigenvalue weighted by Gasteiger charge is -2.07. The summed E-state index contributed by atoms with van der Waals surface area (Å²) in [4.78, 5) is 30.0. The van der Waals surface area contributed by atoms with Crippen LogP contribution in [-0.2, 0) is 7.05 Å². The van der Waals surface area contributed by atoms with Crippen LogP contribution >= 0.6 is 0 Å². The molecule has 4 rings (SSSR count). The van der Waals surface area contributed by atoms with Gasteiger partial charge in [0.15, 0.2) is 0 Å². The first-order chi connectivity index (χ1) is 12.4. The van der Waals surface area contributed by atoms with Gasteiger partial charge >= 0.3 is 0 Å². The van der Waals surface area contributed by atoms with E-state index in [1.807, 2.05) is 44.2 Å². The van der Waals surface area contributed by atoms with Crippen LogP contribution < -0.4 is 10.9 Å². The van der Waals surface area contributed by atoms with Crippen molar-refractivity contribution in [2.75, 3.05) is 5.32 Å². The third-order valence-corrected chi connectivity index (χ3v) is 4.49. The number of amides is 1. The molecule has 0 saturated carbocycles. The summed E-state index contributed by atoms with van der Waals surface area (Å²) in [5.41, 5.74) is 4.04. The number of pyridine rings is 1. The van der Waals surface area contributed by atoms with E-state index in [4.69, 9.17) is 0 Å². The Bertz CT molecular complexity index is 1220. The molecule has 3 aromatic heterocycles. The summed E-state index contributed by atoms with van der Waals surface area (Å²) in [5, 5.41) is 3.28. The zero-order valence-electron chi connectivity index (χ0n) is 14.8. The quantitative estimate of drug-likeness (QED) is 0.606. The predicted molar refractivity (Wildman–Crippen MR) is 102 cm³/mol. The second-order valence-electron chi connectivity index (χ2n) is 6.50. The largest absolute Gasteiger partial charge is 0.324 e. The molecule has 0 fully saturated rings. The molecule has 0 atom stereocenters. The number of aromatic nitrogens is 3. The van der Waals surface area contributed by atoms with Crippen molar-refractivity contribution < 1.29 is 4.79 Å². The van der Waals surface area contributed by atoms with Crippen LogP contribution in [0, 0.1) is 13.8 Å². The minimum atomic E-state index is -0.279. The normalized spacial score (nSPS) is 11.2. The molecule has 6 nitrogen and oxygen atoms in total. The highest BCUT2D eigenvalue weighted by Crippen LogP contribution is 2.17. The van der Waals surface area contributed by atoms with Gasteiger partial charge in [-0.1, -0.05) is 23.8 Å². The highest BCUT2D eigenvalue weighted by molar-refractivity contribution is 6.06. The number of carbonyl (C=O) groups excluding carboxylic acids is 1. The molecule has 4 aromatic rings. The summed E-state index contributed by atoms with van der Waals surface area (Å²) >= 11 is 0. The molecule has 0 aliphatic heterocycles. The molecular weight excluding hydrogens is 328 g/mol. The zero-order chi connectivity index (χ0) is 18.4. The molecule has 3 heterocycles. The van der Waals surface area contributed by atoms with Crippen molar-refractivity contribution in [2.45, 2.75) is 13.8 Å². The Morgan fingerprint density at radius 2 is 1.73 bits per heavy atom. The van der Waals surface area contributed by atoms with Gasteiger partial charge in [-0.05, 0) is 43.7 Å². The molecule has 0 saturated heterocycles. The number of hydrogen-bond acceptors (Lipinski definition) is 3. The highest BCUT2D eigenvalue weighted by atomic mass is 16.2. The number of nitrogens with zero attached hydrogens (tertiary/aromatic N) is 3. The first kappa shape index (κ1) is 16.1. The van der Waals surface area contributed by atoms with Crippen molar-refractivity contribution in [3.05, 3.63) is 75.8 Å². The summed E-state index contributed by atoms with van der Waals surface area (Å²) in [6.07, 6.45) is 1.75. The molecule has 6 heteroatoms. The van der Waals surface area contributed by atoms with Gasteiger partial charge in [-0.15, -0.1) is 0 Å². The number of anilines is 1. The first-order valence-electron chi connectivity index (χ1n) is 8.30. The molecule has 130 valence electrons. The van der Waals surface area contributed by atoms with Crippen LogP contribution in [0.1, 0.15) is 21.6 Å². The zero-order valence-corrected chi connectivity index (χ0v) is 14.8. The Morgan fingerprint density at radius 3 is 2.46 bits per heavy atom. The number of nitrogens with one attached hydrogen (secondary N) is 1. The molecule has 0 radical (unpaired) electrons. The van der Waals surface area contributed by atoms with Crippen LogP contribution in [0.15, 0.2) is 53.5 Å². The predicted octanol–water partition coefficient (Wildman–Crippen LogP) is 3.06. The van der Waals surface area contributed by atoms with E-state index in [1.54, 1.807) is 29.9 Å². The van der Waals surface area contributed by atoms with Crippen LogP contribution in [0.25, 0.3) is 16.7 Å². The third kappa shape index (κ3) is 2.56. The van der Waals surface area contributed by atoms with Crippen LogP contribution in [-0.4, -0.2) is 19.9 Å². The fourth-order valence-electron chi connectivity index (χ4n) is 3.03. The van der Waals surface area contributed by atoms with Gasteiger partial charge in [-0.2, -0.15) is 0 Å². The average Bonchev–Trinajstić information content (AvgIpc) is 2.95. The SMILES string of the molecule is Cc1ccc(NC(=O)c2cc3c(=O)n4cc(C)ccc4nc3n2C)cc1. The minimum absolute atomic E-state index is 0.182.